The SMILES string of the molecule is Cc1ccccc1CN[C@H](C)c1ccccc1C. The third-order valence-corrected chi connectivity index (χ3v) is 3.51. The van der Waals surface area contributed by atoms with Crippen molar-refractivity contribution in [2.24, 2.45) is 0 Å². The molecule has 1 atom stereocenters. The molecule has 2 aromatic carbocycles. The average Bonchev–Trinajstić information content (AvgIpc) is 2.38. The van der Waals surface area contributed by atoms with Gasteiger partial charge >= 0.3 is 0 Å². The van der Waals surface area contributed by atoms with Gasteiger partial charge in [0.15, 0.2) is 0 Å². The van der Waals surface area contributed by atoms with E-state index in [4.69, 9.17) is 0 Å². The van der Waals surface area contributed by atoms with Gasteiger partial charge in [0.05, 0.1) is 0 Å². The van der Waals surface area contributed by atoms with Gasteiger partial charge in [0.1, 0.15) is 0 Å². The van der Waals surface area contributed by atoms with E-state index < -0.39 is 0 Å². The first-order chi connectivity index (χ1) is 8.68. The Balaban J connectivity index is 2.03. The van der Waals surface area contributed by atoms with Gasteiger partial charge < -0.3 is 5.32 Å². The standard InChI is InChI=1S/C17H21N/c1-13-8-4-6-10-16(13)12-18-15(3)17-11-7-5-9-14(17)2/h4-11,15,18H,12H2,1-3H3/t15-/m1/s1. The molecule has 1 heteroatoms. The summed E-state index contributed by atoms with van der Waals surface area (Å²) >= 11 is 0. The summed E-state index contributed by atoms with van der Waals surface area (Å²) < 4.78 is 0. The molecule has 0 aliphatic rings. The van der Waals surface area contributed by atoms with Gasteiger partial charge in [-0.05, 0) is 43.0 Å². The number of hydrogen-bond donors (Lipinski definition) is 1. The summed E-state index contributed by atoms with van der Waals surface area (Å²) in [5, 5.41) is 3.60. The number of nitrogens with one attached hydrogen (secondary N) is 1. The maximum absolute atomic E-state index is 3.60. The predicted octanol–water partition coefficient (Wildman–Crippen LogP) is 4.15. The van der Waals surface area contributed by atoms with Gasteiger partial charge in [-0.1, -0.05) is 48.5 Å². The van der Waals surface area contributed by atoms with Gasteiger partial charge in [0, 0.05) is 12.6 Å². The molecule has 0 bridgehead atoms. The van der Waals surface area contributed by atoms with Gasteiger partial charge in [0.25, 0.3) is 0 Å². The summed E-state index contributed by atoms with van der Waals surface area (Å²) in [6.07, 6.45) is 0. The van der Waals surface area contributed by atoms with Crippen LogP contribution in [0.1, 0.15) is 35.2 Å². The van der Waals surface area contributed by atoms with Crippen molar-refractivity contribution in [3.63, 3.8) is 0 Å². The summed E-state index contributed by atoms with van der Waals surface area (Å²) in [6, 6.07) is 17.5. The molecule has 0 aliphatic heterocycles. The van der Waals surface area contributed by atoms with E-state index in [2.05, 4.69) is 74.6 Å². The Kier molecular flexibility index (Phi) is 4.16. The smallest absolute Gasteiger partial charge is 0.0297 e. The van der Waals surface area contributed by atoms with Crippen LogP contribution in [-0.2, 0) is 6.54 Å². The Morgan fingerprint density at radius 2 is 1.50 bits per heavy atom. The fraction of sp³-hybridized carbons (Fsp3) is 0.294. The van der Waals surface area contributed by atoms with Crippen LogP contribution in [0.4, 0.5) is 0 Å². The molecule has 1 nitrogen and oxygen atoms in total. The van der Waals surface area contributed by atoms with Crippen molar-refractivity contribution in [3.8, 4) is 0 Å². The third-order valence-electron chi connectivity index (χ3n) is 3.51. The van der Waals surface area contributed by atoms with Crippen LogP contribution in [-0.4, -0.2) is 0 Å². The van der Waals surface area contributed by atoms with Gasteiger partial charge in [-0.25, -0.2) is 0 Å². The highest BCUT2D eigenvalue weighted by Crippen LogP contribution is 2.17. The lowest BCUT2D eigenvalue weighted by molar-refractivity contribution is 0.571. The van der Waals surface area contributed by atoms with Crippen molar-refractivity contribution >= 4 is 0 Å². The molecule has 2 rings (SSSR count). The van der Waals surface area contributed by atoms with Gasteiger partial charge in [-0.15, -0.1) is 0 Å². The molecule has 2 aromatic rings. The summed E-state index contributed by atoms with van der Waals surface area (Å²) in [7, 11) is 0. The predicted molar refractivity (Wildman–Crippen MR) is 77.6 cm³/mol. The van der Waals surface area contributed by atoms with Gasteiger partial charge in [-0.3, -0.25) is 0 Å². The molecule has 0 saturated heterocycles. The minimum Gasteiger partial charge on any atom is -0.306 e. The fourth-order valence-electron chi connectivity index (χ4n) is 2.25. The van der Waals surface area contributed by atoms with Crippen molar-refractivity contribution in [3.05, 3.63) is 70.8 Å². The highest BCUT2D eigenvalue weighted by Gasteiger charge is 2.07. The minimum atomic E-state index is 0.380. The summed E-state index contributed by atoms with van der Waals surface area (Å²) in [5.74, 6) is 0. The van der Waals surface area contributed by atoms with Crippen LogP contribution in [0.5, 0.6) is 0 Å². The first kappa shape index (κ1) is 12.8. The van der Waals surface area contributed by atoms with E-state index in [1.807, 2.05) is 0 Å². The van der Waals surface area contributed by atoms with Crippen LogP contribution in [0.25, 0.3) is 0 Å². The molecule has 0 amide bonds. The molecule has 0 unspecified atom stereocenters. The lowest BCUT2D eigenvalue weighted by atomic mass is 10.0. The molecule has 18 heavy (non-hydrogen) atoms. The van der Waals surface area contributed by atoms with E-state index >= 15 is 0 Å². The first-order valence-corrected chi connectivity index (χ1v) is 6.52. The Labute approximate surface area is 110 Å². The lowest BCUT2D eigenvalue weighted by Crippen LogP contribution is -2.19. The molecular formula is C17H21N. The van der Waals surface area contributed by atoms with Crippen molar-refractivity contribution in [2.75, 3.05) is 0 Å². The number of hydrogen-bond acceptors (Lipinski definition) is 1. The molecule has 0 heterocycles. The fourth-order valence-corrected chi connectivity index (χ4v) is 2.25. The quantitative estimate of drug-likeness (QED) is 0.845. The van der Waals surface area contributed by atoms with Crippen LogP contribution in [0.15, 0.2) is 48.5 Å². The topological polar surface area (TPSA) is 12.0 Å². The second kappa shape index (κ2) is 5.83. The van der Waals surface area contributed by atoms with E-state index in [1.165, 1.54) is 22.3 Å². The number of benzene rings is 2. The Morgan fingerprint density at radius 1 is 0.889 bits per heavy atom. The molecular weight excluding hydrogens is 218 g/mol. The van der Waals surface area contributed by atoms with E-state index in [0.717, 1.165) is 6.54 Å². The van der Waals surface area contributed by atoms with E-state index in [1.54, 1.807) is 0 Å². The third kappa shape index (κ3) is 2.99. The summed E-state index contributed by atoms with van der Waals surface area (Å²) in [5.41, 5.74) is 5.45. The average molecular weight is 239 g/mol. The number of rotatable bonds is 4. The zero-order valence-electron chi connectivity index (χ0n) is 11.4. The Bertz CT molecular complexity index is 517. The Morgan fingerprint density at radius 3 is 2.17 bits per heavy atom. The number of aryl methyl sites for hydroxylation is 2. The Hall–Kier alpha value is -1.60. The molecule has 0 aliphatic carbocycles. The van der Waals surface area contributed by atoms with Crippen LogP contribution in [0.3, 0.4) is 0 Å². The summed E-state index contributed by atoms with van der Waals surface area (Å²) in [6.45, 7) is 7.47. The zero-order valence-corrected chi connectivity index (χ0v) is 11.4. The van der Waals surface area contributed by atoms with Crippen molar-refractivity contribution in [2.45, 2.75) is 33.4 Å². The second-order valence-electron chi connectivity index (χ2n) is 4.89. The maximum Gasteiger partial charge on any atom is 0.0297 e. The maximum atomic E-state index is 3.60. The highest BCUT2D eigenvalue weighted by molar-refractivity contribution is 5.29. The first-order valence-electron chi connectivity index (χ1n) is 6.52. The van der Waals surface area contributed by atoms with Crippen LogP contribution >= 0.6 is 0 Å². The van der Waals surface area contributed by atoms with Crippen LogP contribution < -0.4 is 5.32 Å². The largest absolute Gasteiger partial charge is 0.306 e. The van der Waals surface area contributed by atoms with Crippen molar-refractivity contribution < 1.29 is 0 Å². The van der Waals surface area contributed by atoms with Gasteiger partial charge in [-0.2, -0.15) is 0 Å². The minimum absolute atomic E-state index is 0.380. The zero-order chi connectivity index (χ0) is 13.0. The summed E-state index contributed by atoms with van der Waals surface area (Å²) in [4.78, 5) is 0. The molecule has 0 aromatic heterocycles. The van der Waals surface area contributed by atoms with E-state index in [0.29, 0.717) is 6.04 Å². The van der Waals surface area contributed by atoms with E-state index in [-0.39, 0.29) is 0 Å². The molecule has 0 fully saturated rings. The normalized spacial score (nSPS) is 12.4. The van der Waals surface area contributed by atoms with E-state index in [9.17, 15) is 0 Å². The molecule has 0 radical (unpaired) electrons. The van der Waals surface area contributed by atoms with Crippen molar-refractivity contribution in [1.82, 2.24) is 5.32 Å². The van der Waals surface area contributed by atoms with Gasteiger partial charge in [0.2, 0.25) is 0 Å². The van der Waals surface area contributed by atoms with Crippen LogP contribution in [0, 0.1) is 13.8 Å². The van der Waals surface area contributed by atoms with Crippen molar-refractivity contribution in [1.29, 1.82) is 0 Å². The van der Waals surface area contributed by atoms with Crippen LogP contribution in [0.2, 0.25) is 0 Å². The second-order valence-corrected chi connectivity index (χ2v) is 4.89. The highest BCUT2D eigenvalue weighted by atomic mass is 14.9. The lowest BCUT2D eigenvalue weighted by Gasteiger charge is -2.17. The molecule has 1 N–H and O–H groups in total. The monoisotopic (exact) mass is 239 g/mol. The molecule has 0 spiro atoms. The molecule has 94 valence electrons. The molecule has 0 saturated carbocycles.